The predicted octanol–water partition coefficient (Wildman–Crippen LogP) is 3.83. The summed E-state index contributed by atoms with van der Waals surface area (Å²) in [6.45, 7) is 1.14. The molecule has 0 aliphatic rings. The third-order valence-electron chi connectivity index (χ3n) is 5.32. The number of aryl methyl sites for hydroxylation is 1. The molecule has 4 rings (SSSR count). The molecule has 1 amide bonds. The third-order valence-corrected chi connectivity index (χ3v) is 5.32. The van der Waals surface area contributed by atoms with Crippen molar-refractivity contribution in [2.45, 2.75) is 26.0 Å². The van der Waals surface area contributed by atoms with Gasteiger partial charge in [-0.1, -0.05) is 36.4 Å². The molecule has 0 aliphatic heterocycles. The first-order chi connectivity index (χ1) is 16.0. The Kier molecular flexibility index (Phi) is 6.65. The van der Waals surface area contributed by atoms with Crippen molar-refractivity contribution in [3.05, 3.63) is 101 Å². The van der Waals surface area contributed by atoms with Crippen LogP contribution in [0.25, 0.3) is 5.65 Å². The number of hydrogen-bond acceptors (Lipinski definition) is 4. The quantitative estimate of drug-likeness (QED) is 0.427. The zero-order chi connectivity index (χ0) is 23.4. The number of benzene rings is 2. The van der Waals surface area contributed by atoms with Crippen molar-refractivity contribution < 1.29 is 23.4 Å². The van der Waals surface area contributed by atoms with Crippen LogP contribution >= 0.6 is 0 Å². The molecule has 1 atom stereocenters. The molecular weight excluding hydrogens is 428 g/mol. The Morgan fingerprint density at radius 1 is 1.09 bits per heavy atom. The number of aromatic nitrogens is 2. The Morgan fingerprint density at radius 2 is 1.82 bits per heavy atom. The second-order valence-electron chi connectivity index (χ2n) is 7.64. The van der Waals surface area contributed by atoms with Gasteiger partial charge in [0.2, 0.25) is 0 Å². The molecule has 2 heterocycles. The van der Waals surface area contributed by atoms with Gasteiger partial charge in [-0.2, -0.15) is 0 Å². The summed E-state index contributed by atoms with van der Waals surface area (Å²) in [6, 6.07) is 16.0. The Bertz CT molecular complexity index is 1250. The number of carbonyl (C=O) groups excluding carboxylic acids is 1. The van der Waals surface area contributed by atoms with Gasteiger partial charge in [-0.25, -0.2) is 13.8 Å². The minimum atomic E-state index is -0.699. The normalized spacial score (nSPS) is 12.0. The lowest BCUT2D eigenvalue weighted by atomic mass is 10.1. The Morgan fingerprint density at radius 3 is 2.52 bits per heavy atom. The molecule has 0 saturated heterocycles. The van der Waals surface area contributed by atoms with E-state index in [1.54, 1.807) is 29.7 Å². The van der Waals surface area contributed by atoms with Gasteiger partial charge in [0.15, 0.2) is 11.4 Å². The van der Waals surface area contributed by atoms with Crippen LogP contribution in [0.2, 0.25) is 0 Å². The van der Waals surface area contributed by atoms with Crippen molar-refractivity contribution >= 4 is 11.6 Å². The van der Waals surface area contributed by atoms with Gasteiger partial charge in [-0.15, -0.1) is 0 Å². The van der Waals surface area contributed by atoms with Crippen LogP contribution in [0.3, 0.4) is 0 Å². The standard InChI is InChI=1S/C25H23F2N3O3/c1-16-23(25(32)29-18(14-31)13-17-7-3-2-4-8-17)30-12-6-11-22(24(30)28-16)33-15-19-20(26)9-5-10-21(19)27/h2-12,18,31H,13-15H2,1H3,(H,29,32)/t18-/m1/s1. The van der Waals surface area contributed by atoms with Crippen LogP contribution in [0, 0.1) is 18.6 Å². The van der Waals surface area contributed by atoms with E-state index in [0.717, 1.165) is 17.7 Å². The highest BCUT2D eigenvalue weighted by molar-refractivity contribution is 5.95. The predicted molar refractivity (Wildman–Crippen MR) is 119 cm³/mol. The van der Waals surface area contributed by atoms with Gasteiger partial charge >= 0.3 is 0 Å². The van der Waals surface area contributed by atoms with Gasteiger partial charge < -0.3 is 15.2 Å². The van der Waals surface area contributed by atoms with Crippen LogP contribution in [0.1, 0.15) is 27.3 Å². The fraction of sp³-hybridized carbons (Fsp3) is 0.200. The van der Waals surface area contributed by atoms with Crippen molar-refractivity contribution in [2.75, 3.05) is 6.61 Å². The van der Waals surface area contributed by atoms with Gasteiger partial charge in [0.25, 0.3) is 5.91 Å². The number of aliphatic hydroxyl groups excluding tert-OH is 1. The lowest BCUT2D eigenvalue weighted by Crippen LogP contribution is -2.39. The molecule has 33 heavy (non-hydrogen) atoms. The summed E-state index contributed by atoms with van der Waals surface area (Å²) in [5.41, 5.74) is 1.90. The summed E-state index contributed by atoms with van der Waals surface area (Å²) in [4.78, 5) is 17.5. The molecule has 0 aliphatic carbocycles. The van der Waals surface area contributed by atoms with E-state index in [-0.39, 0.29) is 24.5 Å². The number of hydrogen-bond donors (Lipinski definition) is 2. The third kappa shape index (κ3) is 4.85. The largest absolute Gasteiger partial charge is 0.485 e. The SMILES string of the molecule is Cc1nc2c(OCc3c(F)cccc3F)cccn2c1C(=O)N[C@@H](CO)Cc1ccccc1. The van der Waals surface area contributed by atoms with E-state index >= 15 is 0 Å². The smallest absolute Gasteiger partial charge is 0.270 e. The van der Waals surface area contributed by atoms with E-state index in [0.29, 0.717) is 23.5 Å². The molecule has 0 saturated carbocycles. The van der Waals surface area contributed by atoms with Crippen LogP contribution in [-0.4, -0.2) is 33.0 Å². The number of ether oxygens (including phenoxy) is 1. The first-order valence-electron chi connectivity index (χ1n) is 10.5. The van der Waals surface area contributed by atoms with Crippen molar-refractivity contribution in [3.63, 3.8) is 0 Å². The summed E-state index contributed by atoms with van der Waals surface area (Å²) >= 11 is 0. The van der Waals surface area contributed by atoms with Crippen LogP contribution in [-0.2, 0) is 13.0 Å². The Hall–Kier alpha value is -3.78. The molecule has 6 nitrogen and oxygen atoms in total. The van der Waals surface area contributed by atoms with Crippen molar-refractivity contribution in [2.24, 2.45) is 0 Å². The highest BCUT2D eigenvalue weighted by atomic mass is 19.1. The molecule has 2 aromatic heterocycles. The zero-order valence-corrected chi connectivity index (χ0v) is 18.0. The number of halogens is 2. The molecule has 8 heteroatoms. The average Bonchev–Trinajstić information content (AvgIpc) is 3.15. The topological polar surface area (TPSA) is 75.9 Å². The van der Waals surface area contributed by atoms with E-state index in [9.17, 15) is 18.7 Å². The second kappa shape index (κ2) is 9.79. The molecule has 2 N–H and O–H groups in total. The Balaban J connectivity index is 1.56. The minimum Gasteiger partial charge on any atom is -0.485 e. The monoisotopic (exact) mass is 451 g/mol. The molecule has 0 spiro atoms. The average molecular weight is 451 g/mol. The van der Waals surface area contributed by atoms with Gasteiger partial charge in [0.1, 0.15) is 23.9 Å². The highest BCUT2D eigenvalue weighted by Crippen LogP contribution is 2.24. The number of rotatable bonds is 8. The summed E-state index contributed by atoms with van der Waals surface area (Å²) in [5, 5.41) is 12.6. The molecule has 2 aromatic carbocycles. The van der Waals surface area contributed by atoms with E-state index in [1.165, 1.54) is 6.07 Å². The number of nitrogens with zero attached hydrogens (tertiary/aromatic N) is 2. The maximum Gasteiger partial charge on any atom is 0.270 e. The lowest BCUT2D eigenvalue weighted by molar-refractivity contribution is 0.0910. The molecule has 0 bridgehead atoms. The van der Waals surface area contributed by atoms with E-state index in [4.69, 9.17) is 4.74 Å². The highest BCUT2D eigenvalue weighted by Gasteiger charge is 2.22. The van der Waals surface area contributed by atoms with Crippen LogP contribution in [0.5, 0.6) is 5.75 Å². The van der Waals surface area contributed by atoms with Crippen LogP contribution in [0.15, 0.2) is 66.9 Å². The first kappa shape index (κ1) is 22.4. The summed E-state index contributed by atoms with van der Waals surface area (Å²) in [7, 11) is 0. The number of pyridine rings is 1. The molecule has 0 fully saturated rings. The molecule has 170 valence electrons. The molecule has 4 aromatic rings. The number of fused-ring (bicyclic) bond motifs is 1. The summed E-state index contributed by atoms with van der Waals surface area (Å²) in [5.74, 6) is -1.51. The van der Waals surface area contributed by atoms with Crippen LogP contribution in [0.4, 0.5) is 8.78 Å². The molecule has 0 radical (unpaired) electrons. The number of amides is 1. The van der Waals surface area contributed by atoms with Crippen molar-refractivity contribution in [1.82, 2.24) is 14.7 Å². The lowest BCUT2D eigenvalue weighted by Gasteiger charge is -2.16. The van der Waals surface area contributed by atoms with Crippen LogP contribution < -0.4 is 10.1 Å². The second-order valence-corrected chi connectivity index (χ2v) is 7.64. The number of carbonyl (C=O) groups is 1. The van der Waals surface area contributed by atoms with Gasteiger partial charge in [0, 0.05) is 6.20 Å². The minimum absolute atomic E-state index is 0.188. The first-order valence-corrected chi connectivity index (χ1v) is 10.5. The van der Waals surface area contributed by atoms with Crippen molar-refractivity contribution in [1.29, 1.82) is 0 Å². The molecular formula is C25H23F2N3O3. The van der Waals surface area contributed by atoms with Gasteiger partial charge in [-0.05, 0) is 43.2 Å². The van der Waals surface area contributed by atoms with Gasteiger partial charge in [-0.3, -0.25) is 9.20 Å². The molecule has 0 unspecified atom stereocenters. The Labute approximate surface area is 189 Å². The fourth-order valence-corrected chi connectivity index (χ4v) is 3.68. The number of nitrogens with one attached hydrogen (secondary N) is 1. The maximum absolute atomic E-state index is 13.9. The zero-order valence-electron chi connectivity index (χ0n) is 18.0. The number of aliphatic hydroxyl groups is 1. The van der Waals surface area contributed by atoms with E-state index < -0.39 is 23.6 Å². The van der Waals surface area contributed by atoms with Gasteiger partial charge in [0.05, 0.1) is 23.9 Å². The fourth-order valence-electron chi connectivity index (χ4n) is 3.68. The van der Waals surface area contributed by atoms with E-state index in [1.807, 2.05) is 30.3 Å². The number of imidazole rings is 1. The maximum atomic E-state index is 13.9. The van der Waals surface area contributed by atoms with E-state index in [2.05, 4.69) is 10.3 Å². The summed E-state index contributed by atoms with van der Waals surface area (Å²) < 4.78 is 35.1. The summed E-state index contributed by atoms with van der Waals surface area (Å²) in [6.07, 6.45) is 2.13. The van der Waals surface area contributed by atoms with Crippen molar-refractivity contribution in [3.8, 4) is 5.75 Å².